The molecule has 0 aliphatic carbocycles. The molecule has 108 valence electrons. The van der Waals surface area contributed by atoms with E-state index in [4.69, 9.17) is 16.2 Å². The van der Waals surface area contributed by atoms with Gasteiger partial charge in [-0.05, 0) is 6.92 Å². The maximum absolute atomic E-state index is 12.0. The summed E-state index contributed by atoms with van der Waals surface area (Å²) < 4.78 is 5.14. The molecule has 1 saturated heterocycles. The number of amides is 3. The lowest BCUT2D eigenvalue weighted by Crippen LogP contribution is -2.53. The molecule has 0 aromatic rings. The van der Waals surface area contributed by atoms with Crippen LogP contribution in [0.25, 0.3) is 0 Å². The number of nitrogens with two attached hydrogens (primary N) is 2. The van der Waals surface area contributed by atoms with Gasteiger partial charge in [0.05, 0.1) is 25.7 Å². The number of carbonyl (C=O) groups is 3. The van der Waals surface area contributed by atoms with Crippen molar-refractivity contribution in [1.29, 1.82) is 0 Å². The van der Waals surface area contributed by atoms with Crippen molar-refractivity contribution >= 4 is 17.7 Å². The van der Waals surface area contributed by atoms with Crippen LogP contribution in [0, 0.1) is 0 Å². The summed E-state index contributed by atoms with van der Waals surface area (Å²) in [5.74, 6) is -1.41. The number of carbonyl (C=O) groups excluding carboxylic acids is 3. The second-order valence-corrected chi connectivity index (χ2v) is 4.44. The lowest BCUT2D eigenvalue weighted by atomic mass is 10.2. The highest BCUT2D eigenvalue weighted by Crippen LogP contribution is 2.01. The summed E-state index contributed by atoms with van der Waals surface area (Å²) in [4.78, 5) is 35.9. The van der Waals surface area contributed by atoms with Crippen molar-refractivity contribution in [2.24, 2.45) is 11.5 Å². The normalized spacial score (nSPS) is 18.5. The van der Waals surface area contributed by atoms with E-state index in [2.05, 4.69) is 5.32 Å². The molecule has 0 aromatic carbocycles. The van der Waals surface area contributed by atoms with Gasteiger partial charge in [-0.1, -0.05) is 0 Å². The number of hydrogen-bond donors (Lipinski definition) is 3. The standard InChI is InChI=1S/C11H20N4O4/c1-7(11(18)15-2-4-19-5-3-15)14-10(17)8(12)6-9(13)16/h7-8H,2-6,12H2,1H3,(H2,13,16)(H,14,17). The fourth-order valence-electron chi connectivity index (χ4n) is 1.75. The minimum absolute atomic E-state index is 0.192. The Morgan fingerprint density at radius 1 is 1.32 bits per heavy atom. The molecule has 2 atom stereocenters. The summed E-state index contributed by atoms with van der Waals surface area (Å²) in [6, 6.07) is -1.72. The lowest BCUT2D eigenvalue weighted by molar-refractivity contribution is -0.139. The van der Waals surface area contributed by atoms with Crippen molar-refractivity contribution in [3.63, 3.8) is 0 Å². The molecule has 0 radical (unpaired) electrons. The maximum atomic E-state index is 12.0. The van der Waals surface area contributed by atoms with Gasteiger partial charge in [-0.3, -0.25) is 14.4 Å². The third-order valence-electron chi connectivity index (χ3n) is 2.81. The third kappa shape index (κ3) is 4.84. The van der Waals surface area contributed by atoms with Gasteiger partial charge >= 0.3 is 0 Å². The zero-order chi connectivity index (χ0) is 14.4. The van der Waals surface area contributed by atoms with Crippen molar-refractivity contribution < 1.29 is 19.1 Å². The topological polar surface area (TPSA) is 128 Å². The maximum Gasteiger partial charge on any atom is 0.245 e. The first-order chi connectivity index (χ1) is 8.91. The number of ether oxygens (including phenoxy) is 1. The van der Waals surface area contributed by atoms with E-state index in [9.17, 15) is 14.4 Å². The Hall–Kier alpha value is -1.67. The molecule has 0 saturated carbocycles. The number of nitrogens with one attached hydrogen (secondary N) is 1. The number of rotatable bonds is 5. The molecule has 0 spiro atoms. The SMILES string of the molecule is CC(NC(=O)C(N)CC(N)=O)C(=O)N1CCOCC1. The summed E-state index contributed by atoms with van der Waals surface area (Å²) in [5.41, 5.74) is 10.4. The fraction of sp³-hybridized carbons (Fsp3) is 0.727. The van der Waals surface area contributed by atoms with Crippen LogP contribution < -0.4 is 16.8 Å². The molecule has 1 aliphatic rings. The van der Waals surface area contributed by atoms with E-state index in [1.54, 1.807) is 11.8 Å². The van der Waals surface area contributed by atoms with Gasteiger partial charge in [0.25, 0.3) is 0 Å². The van der Waals surface area contributed by atoms with Crippen LogP contribution in [-0.4, -0.2) is 61.0 Å². The first-order valence-corrected chi connectivity index (χ1v) is 6.12. The predicted molar refractivity (Wildman–Crippen MR) is 66.8 cm³/mol. The molecule has 0 aromatic heterocycles. The second kappa shape index (κ2) is 7.05. The largest absolute Gasteiger partial charge is 0.378 e. The first-order valence-electron chi connectivity index (χ1n) is 6.12. The highest BCUT2D eigenvalue weighted by Gasteiger charge is 2.25. The van der Waals surface area contributed by atoms with E-state index in [1.807, 2.05) is 0 Å². The van der Waals surface area contributed by atoms with Gasteiger partial charge in [0.2, 0.25) is 17.7 Å². The molecule has 8 nitrogen and oxygen atoms in total. The Bertz CT molecular complexity index is 355. The average Bonchev–Trinajstić information content (AvgIpc) is 2.37. The van der Waals surface area contributed by atoms with E-state index in [-0.39, 0.29) is 12.3 Å². The molecule has 1 heterocycles. The van der Waals surface area contributed by atoms with Crippen molar-refractivity contribution in [2.45, 2.75) is 25.4 Å². The van der Waals surface area contributed by atoms with Crippen LogP contribution in [0.4, 0.5) is 0 Å². The monoisotopic (exact) mass is 272 g/mol. The molecule has 2 unspecified atom stereocenters. The summed E-state index contributed by atoms with van der Waals surface area (Å²) in [6.45, 7) is 3.58. The van der Waals surface area contributed by atoms with Crippen LogP contribution in [-0.2, 0) is 19.1 Å². The van der Waals surface area contributed by atoms with Gasteiger partial charge in [-0.15, -0.1) is 0 Å². The van der Waals surface area contributed by atoms with Crippen LogP contribution in [0.5, 0.6) is 0 Å². The van der Waals surface area contributed by atoms with Crippen LogP contribution in [0.3, 0.4) is 0 Å². The Balaban J connectivity index is 2.44. The van der Waals surface area contributed by atoms with Crippen LogP contribution in [0.15, 0.2) is 0 Å². The minimum atomic E-state index is -1.03. The van der Waals surface area contributed by atoms with E-state index in [1.165, 1.54) is 0 Å². The zero-order valence-corrected chi connectivity index (χ0v) is 10.9. The molecule has 0 bridgehead atoms. The van der Waals surface area contributed by atoms with Crippen molar-refractivity contribution in [3.05, 3.63) is 0 Å². The minimum Gasteiger partial charge on any atom is -0.378 e. The number of morpholine rings is 1. The van der Waals surface area contributed by atoms with E-state index >= 15 is 0 Å². The van der Waals surface area contributed by atoms with Crippen molar-refractivity contribution in [1.82, 2.24) is 10.2 Å². The molecule has 1 fully saturated rings. The van der Waals surface area contributed by atoms with Gasteiger partial charge in [0.1, 0.15) is 6.04 Å². The Morgan fingerprint density at radius 3 is 2.42 bits per heavy atom. The molecule has 1 aliphatic heterocycles. The number of nitrogens with zero attached hydrogens (tertiary/aromatic N) is 1. The van der Waals surface area contributed by atoms with E-state index in [0.717, 1.165) is 0 Å². The number of primary amides is 1. The molecule has 8 heteroatoms. The van der Waals surface area contributed by atoms with Crippen LogP contribution in [0.2, 0.25) is 0 Å². The molecule has 3 amide bonds. The Kier molecular flexibility index (Phi) is 5.71. The summed E-state index contributed by atoms with van der Waals surface area (Å²) in [5, 5.41) is 2.48. The van der Waals surface area contributed by atoms with Gasteiger partial charge < -0.3 is 26.4 Å². The molecule has 1 rings (SSSR count). The summed E-state index contributed by atoms with van der Waals surface area (Å²) in [6.07, 6.45) is -0.246. The Morgan fingerprint density at radius 2 is 1.89 bits per heavy atom. The number of hydrogen-bond acceptors (Lipinski definition) is 5. The van der Waals surface area contributed by atoms with Crippen molar-refractivity contribution in [3.8, 4) is 0 Å². The second-order valence-electron chi connectivity index (χ2n) is 4.44. The van der Waals surface area contributed by atoms with E-state index < -0.39 is 23.9 Å². The van der Waals surface area contributed by atoms with Crippen LogP contribution >= 0.6 is 0 Å². The first kappa shape index (κ1) is 15.4. The quantitative estimate of drug-likeness (QED) is 0.512. The highest BCUT2D eigenvalue weighted by molar-refractivity contribution is 5.91. The van der Waals surface area contributed by atoms with Crippen LogP contribution in [0.1, 0.15) is 13.3 Å². The van der Waals surface area contributed by atoms with Gasteiger partial charge in [-0.25, -0.2) is 0 Å². The zero-order valence-electron chi connectivity index (χ0n) is 10.9. The van der Waals surface area contributed by atoms with Crippen molar-refractivity contribution in [2.75, 3.05) is 26.3 Å². The van der Waals surface area contributed by atoms with Gasteiger partial charge in [0, 0.05) is 13.1 Å². The fourth-order valence-corrected chi connectivity index (χ4v) is 1.75. The molecular formula is C11H20N4O4. The van der Waals surface area contributed by atoms with Gasteiger partial charge in [0.15, 0.2) is 0 Å². The van der Waals surface area contributed by atoms with Gasteiger partial charge in [-0.2, -0.15) is 0 Å². The Labute approximate surface area is 111 Å². The predicted octanol–water partition coefficient (Wildman–Crippen LogP) is -2.45. The average molecular weight is 272 g/mol. The lowest BCUT2D eigenvalue weighted by Gasteiger charge is -2.29. The summed E-state index contributed by atoms with van der Waals surface area (Å²) >= 11 is 0. The third-order valence-corrected chi connectivity index (χ3v) is 2.81. The smallest absolute Gasteiger partial charge is 0.245 e. The van der Waals surface area contributed by atoms with E-state index in [0.29, 0.717) is 26.3 Å². The highest BCUT2D eigenvalue weighted by atomic mass is 16.5. The molecular weight excluding hydrogens is 252 g/mol. The summed E-state index contributed by atoms with van der Waals surface area (Å²) in [7, 11) is 0. The molecule has 5 N–H and O–H groups in total. The molecule has 19 heavy (non-hydrogen) atoms.